The smallest absolute Gasteiger partial charge is 0.255 e. The Hall–Kier alpha value is -2.56. The Morgan fingerprint density at radius 1 is 1.32 bits per heavy atom. The molecule has 19 heavy (non-hydrogen) atoms. The van der Waals surface area contributed by atoms with Crippen LogP contribution >= 0.6 is 0 Å². The summed E-state index contributed by atoms with van der Waals surface area (Å²) in [6, 6.07) is 7.20. The molecule has 0 spiro atoms. The van der Waals surface area contributed by atoms with Crippen molar-refractivity contribution in [2.24, 2.45) is 0 Å². The van der Waals surface area contributed by atoms with Crippen LogP contribution < -0.4 is 5.32 Å². The summed E-state index contributed by atoms with van der Waals surface area (Å²) in [5.74, 6) is -0.699. The summed E-state index contributed by atoms with van der Waals surface area (Å²) in [6.07, 6.45) is 3.31. The number of amides is 1. The fraction of sp³-hybridized carbons (Fsp3) is 0.143. The molecular formula is C14H14N2O3. The first kappa shape index (κ1) is 12.9. The maximum atomic E-state index is 12.0. The predicted octanol–water partition coefficient (Wildman–Crippen LogP) is 1.98. The number of carbonyl (C=O) groups excluding carboxylic acids is 1. The highest BCUT2D eigenvalue weighted by atomic mass is 16.3. The van der Waals surface area contributed by atoms with Gasteiger partial charge in [0.2, 0.25) is 0 Å². The maximum absolute atomic E-state index is 12.0. The molecule has 0 saturated carbocycles. The molecule has 1 unspecified atom stereocenters. The number of hydrogen-bond donors (Lipinski definition) is 3. The van der Waals surface area contributed by atoms with E-state index in [2.05, 4.69) is 10.3 Å². The van der Waals surface area contributed by atoms with Crippen molar-refractivity contribution in [1.82, 2.24) is 10.3 Å². The van der Waals surface area contributed by atoms with Crippen LogP contribution in [0, 0.1) is 0 Å². The summed E-state index contributed by atoms with van der Waals surface area (Å²) in [7, 11) is 0. The van der Waals surface area contributed by atoms with E-state index < -0.39 is 5.91 Å². The average molecular weight is 258 g/mol. The fourth-order valence-corrected chi connectivity index (χ4v) is 1.70. The van der Waals surface area contributed by atoms with Crippen molar-refractivity contribution in [2.75, 3.05) is 0 Å². The Labute approximate surface area is 110 Å². The Bertz CT molecular complexity index is 584. The van der Waals surface area contributed by atoms with Crippen LogP contribution in [0.25, 0.3) is 0 Å². The van der Waals surface area contributed by atoms with Gasteiger partial charge in [-0.25, -0.2) is 0 Å². The molecule has 5 heteroatoms. The molecule has 1 aromatic heterocycles. The lowest BCUT2D eigenvalue weighted by Gasteiger charge is -2.14. The van der Waals surface area contributed by atoms with Crippen molar-refractivity contribution < 1.29 is 15.0 Å². The standard InChI is InChI=1S/C14H14N2O3/c1-9(10-3-2-6-15-8-10)16-14(19)12-7-11(17)4-5-13(12)18/h2-9,17-18H,1H3,(H,16,19). The molecule has 98 valence electrons. The number of phenolic OH excluding ortho intramolecular Hbond substituents is 2. The number of pyridine rings is 1. The first-order chi connectivity index (χ1) is 9.08. The molecule has 2 rings (SSSR count). The number of phenols is 2. The van der Waals surface area contributed by atoms with Gasteiger partial charge in [-0.3, -0.25) is 9.78 Å². The number of rotatable bonds is 3. The van der Waals surface area contributed by atoms with Gasteiger partial charge >= 0.3 is 0 Å². The van der Waals surface area contributed by atoms with Crippen molar-refractivity contribution in [1.29, 1.82) is 0 Å². The summed E-state index contributed by atoms with van der Waals surface area (Å²) in [5, 5.41) is 21.7. The molecule has 0 aliphatic carbocycles. The summed E-state index contributed by atoms with van der Waals surface area (Å²) in [5.41, 5.74) is 0.895. The lowest BCUT2D eigenvalue weighted by molar-refractivity contribution is 0.0936. The normalized spacial score (nSPS) is 11.8. The van der Waals surface area contributed by atoms with Crippen LogP contribution in [0.3, 0.4) is 0 Å². The number of nitrogens with one attached hydrogen (secondary N) is 1. The van der Waals surface area contributed by atoms with Crippen LogP contribution in [0.15, 0.2) is 42.7 Å². The maximum Gasteiger partial charge on any atom is 0.255 e. The van der Waals surface area contributed by atoms with Gasteiger partial charge in [0, 0.05) is 12.4 Å². The molecule has 0 aliphatic rings. The molecule has 0 radical (unpaired) electrons. The van der Waals surface area contributed by atoms with E-state index in [9.17, 15) is 15.0 Å². The molecule has 1 aromatic carbocycles. The largest absolute Gasteiger partial charge is 0.508 e. The van der Waals surface area contributed by atoms with Crippen LogP contribution in [0.2, 0.25) is 0 Å². The third-order valence-electron chi connectivity index (χ3n) is 2.76. The number of aromatic nitrogens is 1. The molecule has 1 heterocycles. The van der Waals surface area contributed by atoms with Crippen LogP contribution in [-0.2, 0) is 0 Å². The summed E-state index contributed by atoms with van der Waals surface area (Å²) in [4.78, 5) is 16.0. The number of benzene rings is 1. The van der Waals surface area contributed by atoms with E-state index in [1.807, 2.05) is 13.0 Å². The zero-order valence-corrected chi connectivity index (χ0v) is 10.4. The van der Waals surface area contributed by atoms with Gasteiger partial charge in [-0.15, -0.1) is 0 Å². The van der Waals surface area contributed by atoms with Crippen LogP contribution in [0.5, 0.6) is 11.5 Å². The molecule has 0 saturated heterocycles. The molecular weight excluding hydrogens is 244 g/mol. The third-order valence-corrected chi connectivity index (χ3v) is 2.76. The summed E-state index contributed by atoms with van der Waals surface area (Å²) >= 11 is 0. The molecule has 5 nitrogen and oxygen atoms in total. The van der Waals surface area contributed by atoms with Crippen molar-refractivity contribution in [2.45, 2.75) is 13.0 Å². The summed E-state index contributed by atoms with van der Waals surface area (Å²) in [6.45, 7) is 1.81. The number of aromatic hydroxyl groups is 2. The predicted molar refractivity (Wildman–Crippen MR) is 69.9 cm³/mol. The minimum absolute atomic E-state index is 0.0377. The van der Waals surface area contributed by atoms with E-state index >= 15 is 0 Å². The highest BCUT2D eigenvalue weighted by molar-refractivity contribution is 5.97. The van der Waals surface area contributed by atoms with E-state index in [1.165, 1.54) is 18.2 Å². The van der Waals surface area contributed by atoms with Gasteiger partial charge in [-0.2, -0.15) is 0 Å². The van der Waals surface area contributed by atoms with E-state index in [0.29, 0.717) is 0 Å². The quantitative estimate of drug-likeness (QED) is 0.735. The van der Waals surface area contributed by atoms with Gasteiger partial charge in [0.25, 0.3) is 5.91 Å². The van der Waals surface area contributed by atoms with E-state index in [1.54, 1.807) is 18.5 Å². The first-order valence-electron chi connectivity index (χ1n) is 5.80. The highest BCUT2D eigenvalue weighted by Gasteiger charge is 2.15. The van der Waals surface area contributed by atoms with E-state index in [4.69, 9.17) is 0 Å². The SMILES string of the molecule is CC(NC(=O)c1cc(O)ccc1O)c1cccnc1. The second kappa shape index (κ2) is 5.39. The van der Waals surface area contributed by atoms with Gasteiger partial charge in [0.1, 0.15) is 11.5 Å². The lowest BCUT2D eigenvalue weighted by Crippen LogP contribution is -2.26. The minimum atomic E-state index is -0.454. The van der Waals surface area contributed by atoms with Crippen molar-refractivity contribution in [3.05, 3.63) is 53.9 Å². The highest BCUT2D eigenvalue weighted by Crippen LogP contribution is 2.22. The van der Waals surface area contributed by atoms with Gasteiger partial charge < -0.3 is 15.5 Å². The van der Waals surface area contributed by atoms with Crippen LogP contribution in [0.1, 0.15) is 28.9 Å². The van der Waals surface area contributed by atoms with Crippen LogP contribution in [-0.4, -0.2) is 21.1 Å². The fourth-order valence-electron chi connectivity index (χ4n) is 1.70. The van der Waals surface area contributed by atoms with E-state index in [-0.39, 0.29) is 23.1 Å². The Balaban J connectivity index is 2.15. The van der Waals surface area contributed by atoms with Gasteiger partial charge in [-0.1, -0.05) is 6.07 Å². The molecule has 0 fully saturated rings. The lowest BCUT2D eigenvalue weighted by atomic mass is 10.1. The molecule has 1 amide bonds. The second-order valence-corrected chi connectivity index (χ2v) is 4.18. The Morgan fingerprint density at radius 2 is 2.11 bits per heavy atom. The zero-order valence-electron chi connectivity index (χ0n) is 10.4. The number of carbonyl (C=O) groups is 1. The minimum Gasteiger partial charge on any atom is -0.508 e. The molecule has 1 atom stereocenters. The Kier molecular flexibility index (Phi) is 3.66. The topological polar surface area (TPSA) is 82.5 Å². The average Bonchev–Trinajstić information content (AvgIpc) is 2.42. The number of hydrogen-bond acceptors (Lipinski definition) is 4. The van der Waals surface area contributed by atoms with Crippen molar-refractivity contribution >= 4 is 5.91 Å². The van der Waals surface area contributed by atoms with E-state index in [0.717, 1.165) is 5.56 Å². The summed E-state index contributed by atoms with van der Waals surface area (Å²) < 4.78 is 0. The monoisotopic (exact) mass is 258 g/mol. The van der Waals surface area contributed by atoms with Crippen LogP contribution in [0.4, 0.5) is 0 Å². The molecule has 2 aromatic rings. The van der Waals surface area contributed by atoms with Gasteiger partial charge in [-0.05, 0) is 36.8 Å². The molecule has 0 bridgehead atoms. The van der Waals surface area contributed by atoms with Gasteiger partial charge in [0.15, 0.2) is 0 Å². The third kappa shape index (κ3) is 3.01. The van der Waals surface area contributed by atoms with Gasteiger partial charge in [0.05, 0.1) is 11.6 Å². The number of nitrogens with zero attached hydrogens (tertiary/aromatic N) is 1. The first-order valence-corrected chi connectivity index (χ1v) is 5.80. The van der Waals surface area contributed by atoms with Crippen molar-refractivity contribution in [3.8, 4) is 11.5 Å². The second-order valence-electron chi connectivity index (χ2n) is 4.18. The Morgan fingerprint density at radius 3 is 2.79 bits per heavy atom. The van der Waals surface area contributed by atoms with Crippen molar-refractivity contribution in [3.63, 3.8) is 0 Å². The zero-order chi connectivity index (χ0) is 13.8. The molecule has 3 N–H and O–H groups in total. The molecule has 0 aliphatic heterocycles.